The van der Waals surface area contributed by atoms with E-state index in [9.17, 15) is 13.6 Å². The lowest BCUT2D eigenvalue weighted by Crippen LogP contribution is -2.51. The van der Waals surface area contributed by atoms with Crippen LogP contribution >= 0.6 is 0 Å². The van der Waals surface area contributed by atoms with Crippen LogP contribution in [0.5, 0.6) is 0 Å². The van der Waals surface area contributed by atoms with E-state index >= 15 is 0 Å². The third-order valence-corrected chi connectivity index (χ3v) is 3.38. The number of carbonyl (C=O) groups is 1. The van der Waals surface area contributed by atoms with E-state index in [4.69, 9.17) is 4.74 Å². The lowest BCUT2D eigenvalue weighted by Gasteiger charge is -2.35. The summed E-state index contributed by atoms with van der Waals surface area (Å²) in [4.78, 5) is 13.7. The van der Waals surface area contributed by atoms with Crippen molar-refractivity contribution in [3.63, 3.8) is 0 Å². The van der Waals surface area contributed by atoms with Crippen LogP contribution in [0, 0.1) is 11.6 Å². The summed E-state index contributed by atoms with van der Waals surface area (Å²) in [6.45, 7) is 5.35. The van der Waals surface area contributed by atoms with Crippen LogP contribution in [0.15, 0.2) is 18.2 Å². The van der Waals surface area contributed by atoms with Crippen LogP contribution in [-0.2, 0) is 11.2 Å². The molecule has 0 bridgehead atoms. The quantitative estimate of drug-likeness (QED) is 0.930. The molecular formula is C15H20F2N2O2. The Labute approximate surface area is 123 Å². The van der Waals surface area contributed by atoms with E-state index in [1.807, 2.05) is 13.8 Å². The highest BCUT2D eigenvalue weighted by Crippen LogP contribution is 2.11. The van der Waals surface area contributed by atoms with E-state index in [1.165, 1.54) is 6.07 Å². The first-order chi connectivity index (χ1) is 9.95. The molecule has 0 saturated carbocycles. The molecule has 21 heavy (non-hydrogen) atoms. The van der Waals surface area contributed by atoms with Crippen molar-refractivity contribution >= 4 is 6.03 Å². The lowest BCUT2D eigenvalue weighted by molar-refractivity contribution is -0.0544. The van der Waals surface area contributed by atoms with Gasteiger partial charge in [-0.25, -0.2) is 13.6 Å². The minimum absolute atomic E-state index is 0.0192. The highest BCUT2D eigenvalue weighted by molar-refractivity contribution is 5.74. The molecule has 1 aromatic rings. The zero-order chi connectivity index (χ0) is 15.4. The Hall–Kier alpha value is -1.69. The van der Waals surface area contributed by atoms with Crippen LogP contribution in [0.25, 0.3) is 0 Å². The van der Waals surface area contributed by atoms with Crippen LogP contribution in [0.1, 0.15) is 19.4 Å². The molecule has 0 aliphatic carbocycles. The zero-order valence-corrected chi connectivity index (χ0v) is 12.2. The number of nitrogens with zero attached hydrogens (tertiary/aromatic N) is 1. The van der Waals surface area contributed by atoms with Gasteiger partial charge in [-0.3, -0.25) is 0 Å². The van der Waals surface area contributed by atoms with Gasteiger partial charge in [0, 0.05) is 19.6 Å². The Bertz CT molecular complexity index is 500. The van der Waals surface area contributed by atoms with Gasteiger partial charge in [-0.1, -0.05) is 6.07 Å². The van der Waals surface area contributed by atoms with E-state index in [0.29, 0.717) is 31.6 Å². The number of urea groups is 1. The summed E-state index contributed by atoms with van der Waals surface area (Å²) in [5, 5.41) is 2.79. The molecule has 1 N–H and O–H groups in total. The standard InChI is InChI=1S/C15H20F2N2O2/c1-10-8-19(9-11(2)21-10)15(20)18-6-5-12-3-4-13(16)14(17)7-12/h3-4,7,10-11H,5-6,8-9H2,1-2H3,(H,18,20). The number of morpholine rings is 1. The van der Waals surface area contributed by atoms with Gasteiger partial charge < -0.3 is 15.0 Å². The normalized spacial score (nSPS) is 22.2. The third-order valence-electron chi connectivity index (χ3n) is 3.38. The van der Waals surface area contributed by atoms with Gasteiger partial charge in [-0.15, -0.1) is 0 Å². The number of hydrogen-bond donors (Lipinski definition) is 1. The second-order valence-corrected chi connectivity index (χ2v) is 5.39. The number of halogens is 2. The molecule has 116 valence electrons. The molecule has 1 saturated heterocycles. The van der Waals surface area contributed by atoms with E-state index in [0.717, 1.165) is 12.1 Å². The van der Waals surface area contributed by atoms with Gasteiger partial charge in [0.2, 0.25) is 0 Å². The Balaban J connectivity index is 1.80. The second kappa shape index (κ2) is 6.85. The molecule has 2 amide bonds. The molecule has 1 heterocycles. The highest BCUT2D eigenvalue weighted by Gasteiger charge is 2.25. The van der Waals surface area contributed by atoms with Crippen LogP contribution in [-0.4, -0.2) is 42.8 Å². The van der Waals surface area contributed by atoms with E-state index in [1.54, 1.807) is 4.90 Å². The van der Waals surface area contributed by atoms with Crippen molar-refractivity contribution in [3.8, 4) is 0 Å². The maximum absolute atomic E-state index is 13.1. The summed E-state index contributed by atoms with van der Waals surface area (Å²) in [5.74, 6) is -1.73. The summed E-state index contributed by atoms with van der Waals surface area (Å²) in [5.41, 5.74) is 0.651. The average Bonchev–Trinajstić information content (AvgIpc) is 2.41. The number of carbonyl (C=O) groups excluding carboxylic acids is 1. The average molecular weight is 298 g/mol. The fraction of sp³-hybridized carbons (Fsp3) is 0.533. The topological polar surface area (TPSA) is 41.6 Å². The van der Waals surface area contributed by atoms with Crippen molar-refractivity contribution in [2.75, 3.05) is 19.6 Å². The Morgan fingerprint density at radius 3 is 2.57 bits per heavy atom. The van der Waals surface area contributed by atoms with Gasteiger partial charge in [0.25, 0.3) is 0 Å². The first kappa shape index (κ1) is 15.7. The lowest BCUT2D eigenvalue weighted by atomic mass is 10.1. The molecular weight excluding hydrogens is 278 g/mol. The molecule has 2 rings (SSSR count). The molecule has 4 nitrogen and oxygen atoms in total. The number of benzene rings is 1. The van der Waals surface area contributed by atoms with Crippen LogP contribution in [0.4, 0.5) is 13.6 Å². The summed E-state index contributed by atoms with van der Waals surface area (Å²) in [7, 11) is 0. The number of ether oxygens (including phenoxy) is 1. The Morgan fingerprint density at radius 1 is 1.29 bits per heavy atom. The smallest absolute Gasteiger partial charge is 0.317 e. The predicted octanol–water partition coefficient (Wildman–Crippen LogP) is 2.33. The molecule has 6 heteroatoms. The SMILES string of the molecule is CC1CN(C(=O)NCCc2ccc(F)c(F)c2)CC(C)O1. The largest absolute Gasteiger partial charge is 0.372 e. The van der Waals surface area contributed by atoms with E-state index < -0.39 is 11.6 Å². The fourth-order valence-electron chi connectivity index (χ4n) is 2.46. The van der Waals surface area contributed by atoms with Crippen molar-refractivity contribution in [3.05, 3.63) is 35.4 Å². The Morgan fingerprint density at radius 2 is 1.95 bits per heavy atom. The van der Waals surface area contributed by atoms with Crippen molar-refractivity contribution in [1.29, 1.82) is 0 Å². The van der Waals surface area contributed by atoms with Gasteiger partial charge in [0.05, 0.1) is 12.2 Å². The minimum Gasteiger partial charge on any atom is -0.372 e. The van der Waals surface area contributed by atoms with Gasteiger partial charge in [-0.2, -0.15) is 0 Å². The minimum atomic E-state index is -0.866. The van der Waals surface area contributed by atoms with Gasteiger partial charge in [-0.05, 0) is 38.0 Å². The number of amides is 2. The van der Waals surface area contributed by atoms with E-state index in [2.05, 4.69) is 5.32 Å². The first-order valence-corrected chi connectivity index (χ1v) is 7.08. The van der Waals surface area contributed by atoms with Crippen LogP contribution in [0.3, 0.4) is 0 Å². The molecule has 1 fully saturated rings. The molecule has 2 unspecified atom stereocenters. The van der Waals surface area contributed by atoms with Gasteiger partial charge >= 0.3 is 6.03 Å². The van der Waals surface area contributed by atoms with Crippen LogP contribution in [0.2, 0.25) is 0 Å². The first-order valence-electron chi connectivity index (χ1n) is 7.08. The monoisotopic (exact) mass is 298 g/mol. The van der Waals surface area contributed by atoms with Crippen molar-refractivity contribution in [2.24, 2.45) is 0 Å². The maximum Gasteiger partial charge on any atom is 0.317 e. The van der Waals surface area contributed by atoms with Crippen molar-refractivity contribution < 1.29 is 18.3 Å². The van der Waals surface area contributed by atoms with Crippen LogP contribution < -0.4 is 5.32 Å². The summed E-state index contributed by atoms with van der Waals surface area (Å²) in [6.07, 6.45) is 0.495. The highest BCUT2D eigenvalue weighted by atomic mass is 19.2. The third kappa shape index (κ3) is 4.39. The summed E-state index contributed by atoms with van der Waals surface area (Å²) >= 11 is 0. The van der Waals surface area contributed by atoms with Gasteiger partial charge in [0.1, 0.15) is 0 Å². The fourth-order valence-corrected chi connectivity index (χ4v) is 2.46. The maximum atomic E-state index is 13.1. The van der Waals surface area contributed by atoms with Crippen molar-refractivity contribution in [2.45, 2.75) is 32.5 Å². The molecule has 0 radical (unpaired) electrons. The molecule has 0 spiro atoms. The summed E-state index contributed by atoms with van der Waals surface area (Å²) < 4.78 is 31.4. The van der Waals surface area contributed by atoms with Crippen molar-refractivity contribution in [1.82, 2.24) is 10.2 Å². The predicted molar refractivity (Wildman–Crippen MR) is 75.0 cm³/mol. The molecule has 0 aromatic heterocycles. The Kier molecular flexibility index (Phi) is 5.12. The number of nitrogens with one attached hydrogen (secondary N) is 1. The molecule has 1 aliphatic heterocycles. The zero-order valence-electron chi connectivity index (χ0n) is 12.2. The van der Waals surface area contributed by atoms with E-state index in [-0.39, 0.29) is 18.2 Å². The molecule has 2 atom stereocenters. The van der Waals surface area contributed by atoms with Gasteiger partial charge in [0.15, 0.2) is 11.6 Å². The summed E-state index contributed by atoms with van der Waals surface area (Å²) in [6, 6.07) is 3.61. The molecule has 1 aliphatic rings. The second-order valence-electron chi connectivity index (χ2n) is 5.39. The number of rotatable bonds is 3. The molecule has 1 aromatic carbocycles. The number of hydrogen-bond acceptors (Lipinski definition) is 2.